The highest BCUT2D eigenvalue weighted by molar-refractivity contribution is 5.18. The molecule has 0 aliphatic heterocycles. The highest BCUT2D eigenvalue weighted by atomic mass is 19.1. The van der Waals surface area contributed by atoms with E-state index in [0.29, 0.717) is 12.0 Å². The van der Waals surface area contributed by atoms with E-state index < -0.39 is 0 Å². The molecular formula is C14H22F2N2. The van der Waals surface area contributed by atoms with Crippen molar-refractivity contribution in [3.8, 4) is 0 Å². The molecule has 0 saturated carbocycles. The lowest BCUT2D eigenvalue weighted by molar-refractivity contribution is 0.324. The van der Waals surface area contributed by atoms with Gasteiger partial charge < -0.3 is 10.6 Å². The lowest BCUT2D eigenvalue weighted by Crippen LogP contribution is -2.24. The Kier molecular flexibility index (Phi) is 6.22. The van der Waals surface area contributed by atoms with Gasteiger partial charge in [-0.3, -0.25) is 0 Å². The Bertz CT molecular complexity index is 367. The molecule has 2 N–H and O–H groups in total. The van der Waals surface area contributed by atoms with Crippen LogP contribution in [0.2, 0.25) is 0 Å². The second-order valence-electron chi connectivity index (χ2n) is 4.91. The van der Waals surface area contributed by atoms with Crippen LogP contribution < -0.4 is 5.73 Å². The third-order valence-electron chi connectivity index (χ3n) is 2.97. The van der Waals surface area contributed by atoms with Gasteiger partial charge in [0.1, 0.15) is 11.6 Å². The summed E-state index contributed by atoms with van der Waals surface area (Å²) in [6.45, 7) is 3.64. The molecule has 0 aromatic heterocycles. The minimum absolute atomic E-state index is 0.221. The van der Waals surface area contributed by atoms with E-state index in [1.165, 1.54) is 12.1 Å². The molecule has 0 saturated heterocycles. The number of nitrogens with two attached hydrogens (primary N) is 1. The minimum atomic E-state index is -0.383. The van der Waals surface area contributed by atoms with Crippen LogP contribution in [0.3, 0.4) is 0 Å². The molecule has 18 heavy (non-hydrogen) atoms. The standard InChI is InChI=1S/C14H22F2N2/c1-11(17)4-3-8-18(2)9-7-12-10-13(15)5-6-14(12)16/h5-6,10-11H,3-4,7-9,17H2,1-2H3. The lowest BCUT2D eigenvalue weighted by Gasteiger charge is -2.17. The summed E-state index contributed by atoms with van der Waals surface area (Å²) in [4.78, 5) is 2.12. The molecule has 1 rings (SSSR count). The van der Waals surface area contributed by atoms with Crippen LogP contribution in [-0.2, 0) is 6.42 Å². The van der Waals surface area contributed by atoms with Crippen LogP contribution in [0.5, 0.6) is 0 Å². The molecule has 0 amide bonds. The van der Waals surface area contributed by atoms with Gasteiger partial charge in [-0.2, -0.15) is 0 Å². The van der Waals surface area contributed by atoms with Gasteiger partial charge in [0, 0.05) is 12.6 Å². The van der Waals surface area contributed by atoms with E-state index in [4.69, 9.17) is 5.73 Å². The van der Waals surface area contributed by atoms with Gasteiger partial charge >= 0.3 is 0 Å². The van der Waals surface area contributed by atoms with Gasteiger partial charge in [0.05, 0.1) is 0 Å². The molecule has 1 aromatic rings. The largest absolute Gasteiger partial charge is 0.328 e. The summed E-state index contributed by atoms with van der Waals surface area (Å²) in [5, 5.41) is 0. The fourth-order valence-electron chi connectivity index (χ4n) is 1.84. The Hall–Kier alpha value is -1.00. The van der Waals surface area contributed by atoms with Gasteiger partial charge in [0.15, 0.2) is 0 Å². The molecule has 0 fully saturated rings. The van der Waals surface area contributed by atoms with Gasteiger partial charge in [-0.05, 0) is 63.5 Å². The van der Waals surface area contributed by atoms with Crippen molar-refractivity contribution in [3.05, 3.63) is 35.4 Å². The van der Waals surface area contributed by atoms with Crippen molar-refractivity contribution in [3.63, 3.8) is 0 Å². The summed E-state index contributed by atoms with van der Waals surface area (Å²) in [7, 11) is 1.98. The summed E-state index contributed by atoms with van der Waals surface area (Å²) in [6, 6.07) is 3.82. The monoisotopic (exact) mass is 256 g/mol. The molecule has 0 bridgehead atoms. The van der Waals surface area contributed by atoms with Crippen LogP contribution in [0.1, 0.15) is 25.3 Å². The molecule has 0 aliphatic carbocycles. The third kappa shape index (κ3) is 5.56. The Morgan fingerprint density at radius 3 is 2.67 bits per heavy atom. The molecule has 0 spiro atoms. The first kappa shape index (κ1) is 15.1. The first-order valence-electron chi connectivity index (χ1n) is 6.37. The van der Waals surface area contributed by atoms with E-state index in [0.717, 1.165) is 32.0 Å². The zero-order valence-electron chi connectivity index (χ0n) is 11.1. The van der Waals surface area contributed by atoms with Gasteiger partial charge in [-0.1, -0.05) is 0 Å². The number of benzene rings is 1. The van der Waals surface area contributed by atoms with Crippen molar-refractivity contribution in [1.29, 1.82) is 0 Å². The number of likely N-dealkylation sites (N-methyl/N-ethyl adjacent to an activating group) is 1. The molecular weight excluding hydrogens is 234 g/mol. The third-order valence-corrected chi connectivity index (χ3v) is 2.97. The molecule has 1 atom stereocenters. The zero-order chi connectivity index (χ0) is 13.5. The Labute approximate surface area is 108 Å². The highest BCUT2D eigenvalue weighted by Crippen LogP contribution is 2.10. The number of rotatable bonds is 7. The fourth-order valence-corrected chi connectivity index (χ4v) is 1.84. The molecule has 0 radical (unpaired) electrons. The molecule has 0 heterocycles. The molecule has 102 valence electrons. The number of hydrogen-bond acceptors (Lipinski definition) is 2. The van der Waals surface area contributed by atoms with Crippen LogP contribution in [0.4, 0.5) is 8.78 Å². The van der Waals surface area contributed by atoms with E-state index in [1.54, 1.807) is 0 Å². The van der Waals surface area contributed by atoms with E-state index in [2.05, 4.69) is 4.90 Å². The summed E-state index contributed by atoms with van der Waals surface area (Å²) in [5.74, 6) is -0.716. The number of nitrogens with zero attached hydrogens (tertiary/aromatic N) is 1. The first-order chi connectivity index (χ1) is 8.49. The SMILES string of the molecule is CC(N)CCCN(C)CCc1cc(F)ccc1F. The molecule has 4 heteroatoms. The first-order valence-corrected chi connectivity index (χ1v) is 6.37. The second-order valence-corrected chi connectivity index (χ2v) is 4.91. The number of hydrogen-bond donors (Lipinski definition) is 1. The molecule has 1 unspecified atom stereocenters. The molecule has 0 aliphatic rings. The van der Waals surface area contributed by atoms with E-state index in [-0.39, 0.29) is 17.7 Å². The van der Waals surface area contributed by atoms with E-state index in [9.17, 15) is 8.78 Å². The van der Waals surface area contributed by atoms with Crippen molar-refractivity contribution in [2.24, 2.45) is 5.73 Å². The van der Waals surface area contributed by atoms with Crippen molar-refractivity contribution < 1.29 is 8.78 Å². The Morgan fingerprint density at radius 1 is 1.28 bits per heavy atom. The van der Waals surface area contributed by atoms with Crippen LogP contribution in [0.25, 0.3) is 0 Å². The minimum Gasteiger partial charge on any atom is -0.328 e. The lowest BCUT2D eigenvalue weighted by atomic mass is 10.1. The maximum atomic E-state index is 13.4. The predicted octanol–water partition coefficient (Wildman–Crippen LogP) is 2.57. The Balaban J connectivity index is 2.33. The quantitative estimate of drug-likeness (QED) is 0.812. The van der Waals surface area contributed by atoms with Crippen LogP contribution in [0.15, 0.2) is 18.2 Å². The van der Waals surface area contributed by atoms with E-state index >= 15 is 0 Å². The maximum absolute atomic E-state index is 13.4. The van der Waals surface area contributed by atoms with Crippen LogP contribution in [0, 0.1) is 11.6 Å². The van der Waals surface area contributed by atoms with E-state index in [1.807, 2.05) is 14.0 Å². The Morgan fingerprint density at radius 2 is 2.00 bits per heavy atom. The average Bonchev–Trinajstić information content (AvgIpc) is 2.30. The van der Waals surface area contributed by atoms with Crippen molar-refractivity contribution in [2.45, 2.75) is 32.2 Å². The summed E-state index contributed by atoms with van der Waals surface area (Å²) < 4.78 is 26.3. The van der Waals surface area contributed by atoms with Crippen molar-refractivity contribution in [2.75, 3.05) is 20.1 Å². The van der Waals surface area contributed by atoms with Crippen LogP contribution in [-0.4, -0.2) is 31.1 Å². The zero-order valence-corrected chi connectivity index (χ0v) is 11.1. The van der Waals surface area contributed by atoms with Gasteiger partial charge in [-0.15, -0.1) is 0 Å². The smallest absolute Gasteiger partial charge is 0.126 e. The van der Waals surface area contributed by atoms with Gasteiger partial charge in [0.25, 0.3) is 0 Å². The van der Waals surface area contributed by atoms with Gasteiger partial charge in [0.2, 0.25) is 0 Å². The van der Waals surface area contributed by atoms with Gasteiger partial charge in [-0.25, -0.2) is 8.78 Å². The average molecular weight is 256 g/mol. The highest BCUT2D eigenvalue weighted by Gasteiger charge is 2.06. The predicted molar refractivity (Wildman–Crippen MR) is 70.4 cm³/mol. The van der Waals surface area contributed by atoms with Crippen molar-refractivity contribution in [1.82, 2.24) is 4.90 Å². The summed E-state index contributed by atoms with van der Waals surface area (Å²) in [6.07, 6.45) is 2.54. The fraction of sp³-hybridized carbons (Fsp3) is 0.571. The normalized spacial score (nSPS) is 13.0. The summed E-state index contributed by atoms with van der Waals surface area (Å²) in [5.41, 5.74) is 6.11. The summed E-state index contributed by atoms with van der Waals surface area (Å²) >= 11 is 0. The number of halogens is 2. The molecule has 1 aromatic carbocycles. The van der Waals surface area contributed by atoms with Crippen molar-refractivity contribution >= 4 is 0 Å². The maximum Gasteiger partial charge on any atom is 0.126 e. The van der Waals surface area contributed by atoms with Crippen LogP contribution >= 0.6 is 0 Å². The second kappa shape index (κ2) is 7.44. The topological polar surface area (TPSA) is 29.3 Å². The molecule has 2 nitrogen and oxygen atoms in total.